The summed E-state index contributed by atoms with van der Waals surface area (Å²) in [6, 6.07) is 3.56. The number of benzene rings is 1. The number of halogens is 1. The van der Waals surface area contributed by atoms with Crippen LogP contribution in [-0.2, 0) is 4.79 Å². The van der Waals surface area contributed by atoms with Crippen LogP contribution in [0.15, 0.2) is 12.1 Å². The Bertz CT molecular complexity index is 567. The predicted octanol–water partition coefficient (Wildman–Crippen LogP) is 2.11. The molecule has 1 heterocycles. The van der Waals surface area contributed by atoms with Crippen molar-refractivity contribution in [2.75, 3.05) is 11.2 Å². The molecule has 2 rings (SSSR count). The Kier molecular flexibility index (Phi) is 3.16. The van der Waals surface area contributed by atoms with E-state index >= 15 is 0 Å². The number of alkyl halides is 1. The van der Waals surface area contributed by atoms with Crippen molar-refractivity contribution in [1.82, 2.24) is 0 Å². The smallest absolute Gasteiger partial charge is 0.296 e. The van der Waals surface area contributed by atoms with Gasteiger partial charge in [-0.05, 0) is 18.6 Å². The van der Waals surface area contributed by atoms with E-state index in [0.29, 0.717) is 29.1 Å². The van der Waals surface area contributed by atoms with Gasteiger partial charge in [-0.1, -0.05) is 17.9 Å². The first-order valence-corrected chi connectivity index (χ1v) is 5.72. The van der Waals surface area contributed by atoms with E-state index < -0.39 is 11.7 Å². The van der Waals surface area contributed by atoms with Crippen LogP contribution in [-0.4, -0.2) is 17.6 Å². The molecule has 1 aromatic carbocycles. The molecule has 0 aromatic heterocycles. The molecule has 0 bridgehead atoms. The Hall–Kier alpha value is -1.79. The van der Waals surface area contributed by atoms with E-state index in [1.54, 1.807) is 6.07 Å². The van der Waals surface area contributed by atoms with Crippen LogP contribution in [0.4, 0.5) is 5.69 Å². The Morgan fingerprint density at radius 1 is 1.35 bits per heavy atom. The van der Waals surface area contributed by atoms with Gasteiger partial charge in [0.2, 0.25) is 0 Å². The number of Topliss-reactive ketones (excluding diaryl/α,β-unsaturated/α-hetero) is 1. The van der Waals surface area contributed by atoms with E-state index in [1.807, 2.05) is 13.0 Å². The molecule has 0 saturated carbocycles. The van der Waals surface area contributed by atoms with Crippen molar-refractivity contribution in [3.05, 3.63) is 28.8 Å². The average molecular weight is 248 g/mol. The zero-order chi connectivity index (χ0) is 12.4. The summed E-state index contributed by atoms with van der Waals surface area (Å²) in [7, 11) is 0. The van der Waals surface area contributed by atoms with Gasteiger partial charge in [-0.25, -0.2) is 0 Å². The second-order valence-electron chi connectivity index (χ2n) is 3.70. The van der Waals surface area contributed by atoms with E-state index in [2.05, 4.69) is 17.2 Å². The number of hydrogen-bond donors (Lipinski definition) is 1. The molecule has 1 N–H and O–H groups in total. The minimum Gasteiger partial charge on any atom is -0.318 e. The van der Waals surface area contributed by atoms with Gasteiger partial charge < -0.3 is 5.32 Å². The minimum absolute atomic E-state index is 0.386. The zero-order valence-corrected chi connectivity index (χ0v) is 10.0. The number of rotatable bonds is 1. The number of aryl methyl sites for hydroxylation is 1. The molecule has 0 fully saturated rings. The molecule has 3 nitrogen and oxygen atoms in total. The van der Waals surface area contributed by atoms with Crippen LogP contribution in [0.2, 0.25) is 0 Å². The highest BCUT2D eigenvalue weighted by Gasteiger charge is 2.30. The first-order valence-electron chi connectivity index (χ1n) is 5.19. The molecular formula is C13H10ClNO2. The maximum Gasteiger partial charge on any atom is 0.296 e. The van der Waals surface area contributed by atoms with Gasteiger partial charge in [0.25, 0.3) is 11.7 Å². The fourth-order valence-electron chi connectivity index (χ4n) is 1.70. The summed E-state index contributed by atoms with van der Waals surface area (Å²) < 4.78 is 0. The van der Waals surface area contributed by atoms with Crippen LogP contribution in [0.3, 0.4) is 0 Å². The molecule has 1 aromatic rings. The topological polar surface area (TPSA) is 46.2 Å². The molecule has 0 atom stereocenters. The van der Waals surface area contributed by atoms with Gasteiger partial charge in [0.1, 0.15) is 0 Å². The molecule has 1 aliphatic heterocycles. The van der Waals surface area contributed by atoms with Gasteiger partial charge in [0, 0.05) is 17.9 Å². The molecule has 4 heteroatoms. The predicted molar refractivity (Wildman–Crippen MR) is 66.4 cm³/mol. The minimum atomic E-state index is -0.592. The van der Waals surface area contributed by atoms with Crippen LogP contribution in [0, 0.1) is 18.8 Å². The van der Waals surface area contributed by atoms with E-state index in [1.165, 1.54) is 0 Å². The lowest BCUT2D eigenvalue weighted by molar-refractivity contribution is -0.112. The zero-order valence-electron chi connectivity index (χ0n) is 9.26. The van der Waals surface area contributed by atoms with Crippen molar-refractivity contribution in [3.8, 4) is 11.8 Å². The highest BCUT2D eigenvalue weighted by atomic mass is 35.5. The van der Waals surface area contributed by atoms with Crippen molar-refractivity contribution < 1.29 is 9.59 Å². The summed E-state index contributed by atoms with van der Waals surface area (Å²) in [4.78, 5) is 23.0. The van der Waals surface area contributed by atoms with Gasteiger partial charge in [0.05, 0.1) is 11.3 Å². The normalized spacial score (nSPS) is 12.8. The Labute approximate surface area is 104 Å². The fourth-order valence-corrected chi connectivity index (χ4v) is 1.79. The molecule has 0 radical (unpaired) electrons. The second-order valence-corrected chi connectivity index (χ2v) is 4.08. The van der Waals surface area contributed by atoms with E-state index in [9.17, 15) is 9.59 Å². The number of fused-ring (bicyclic) bond motifs is 1. The Morgan fingerprint density at radius 3 is 2.82 bits per heavy atom. The van der Waals surface area contributed by atoms with Crippen molar-refractivity contribution in [3.63, 3.8) is 0 Å². The summed E-state index contributed by atoms with van der Waals surface area (Å²) in [5.74, 6) is 5.15. The third-order valence-electron chi connectivity index (χ3n) is 2.53. The molecule has 0 unspecified atom stereocenters. The summed E-state index contributed by atoms with van der Waals surface area (Å²) in [5.41, 5.74) is 2.43. The Morgan fingerprint density at radius 2 is 2.12 bits per heavy atom. The largest absolute Gasteiger partial charge is 0.318 e. The van der Waals surface area contributed by atoms with Gasteiger partial charge in [-0.2, -0.15) is 0 Å². The number of carbonyl (C=O) groups excluding carboxylic acids is 2. The third kappa shape index (κ3) is 2.04. The highest BCUT2D eigenvalue weighted by Crippen LogP contribution is 2.28. The maximum absolute atomic E-state index is 11.7. The van der Waals surface area contributed by atoms with Crippen molar-refractivity contribution in [2.45, 2.75) is 13.3 Å². The van der Waals surface area contributed by atoms with Crippen molar-refractivity contribution >= 4 is 29.0 Å². The van der Waals surface area contributed by atoms with Crippen LogP contribution in [0.1, 0.15) is 27.9 Å². The number of hydrogen-bond acceptors (Lipinski definition) is 2. The number of anilines is 1. The van der Waals surface area contributed by atoms with E-state index in [0.717, 1.165) is 5.56 Å². The molecule has 0 saturated heterocycles. The lowest BCUT2D eigenvalue weighted by Crippen LogP contribution is -2.13. The van der Waals surface area contributed by atoms with Gasteiger partial charge in [-0.15, -0.1) is 11.6 Å². The first kappa shape index (κ1) is 11.7. The van der Waals surface area contributed by atoms with Crippen LogP contribution in [0.25, 0.3) is 0 Å². The number of nitrogens with one attached hydrogen (secondary N) is 1. The number of amides is 1. The lowest BCUT2D eigenvalue weighted by atomic mass is 9.99. The molecular weight excluding hydrogens is 238 g/mol. The maximum atomic E-state index is 11.7. The SMILES string of the molecule is Cc1ccc2c(c1C#CCCCl)C(=O)C(=O)N2. The van der Waals surface area contributed by atoms with Crippen LogP contribution in [0.5, 0.6) is 0 Å². The first-order chi connectivity index (χ1) is 8.15. The monoisotopic (exact) mass is 247 g/mol. The van der Waals surface area contributed by atoms with Gasteiger partial charge in [0.15, 0.2) is 0 Å². The summed E-state index contributed by atoms with van der Waals surface area (Å²) >= 11 is 5.54. The Balaban J connectivity index is 2.54. The third-order valence-corrected chi connectivity index (χ3v) is 2.72. The molecule has 1 amide bonds. The van der Waals surface area contributed by atoms with Crippen LogP contribution < -0.4 is 5.32 Å². The van der Waals surface area contributed by atoms with Gasteiger partial charge in [-0.3, -0.25) is 9.59 Å². The number of carbonyl (C=O) groups is 2. The summed E-state index contributed by atoms with van der Waals surface area (Å²) in [6.45, 7) is 1.86. The van der Waals surface area contributed by atoms with E-state index in [4.69, 9.17) is 11.6 Å². The second kappa shape index (κ2) is 4.60. The summed E-state index contributed by atoms with van der Waals surface area (Å²) in [6.07, 6.45) is 0.556. The molecule has 0 aliphatic carbocycles. The quantitative estimate of drug-likeness (QED) is 0.469. The average Bonchev–Trinajstić information content (AvgIpc) is 2.59. The fraction of sp³-hybridized carbons (Fsp3) is 0.231. The number of ketones is 1. The molecule has 0 spiro atoms. The summed E-state index contributed by atoms with van der Waals surface area (Å²) in [5, 5.41) is 2.52. The van der Waals surface area contributed by atoms with Crippen LogP contribution >= 0.6 is 11.6 Å². The van der Waals surface area contributed by atoms with Crippen molar-refractivity contribution in [2.24, 2.45) is 0 Å². The lowest BCUT2D eigenvalue weighted by Gasteiger charge is -2.03. The highest BCUT2D eigenvalue weighted by molar-refractivity contribution is 6.52. The standard InChI is InChI=1S/C13H10ClNO2/c1-8-5-6-10-11(12(16)13(17)15-10)9(8)4-2-3-7-14/h5-6H,3,7H2,1H3,(H,15,16,17). The molecule has 17 heavy (non-hydrogen) atoms. The van der Waals surface area contributed by atoms with Crippen molar-refractivity contribution in [1.29, 1.82) is 0 Å². The molecule has 86 valence electrons. The molecule has 1 aliphatic rings. The van der Waals surface area contributed by atoms with Gasteiger partial charge >= 0.3 is 0 Å². The van der Waals surface area contributed by atoms with E-state index in [-0.39, 0.29) is 0 Å².